The summed E-state index contributed by atoms with van der Waals surface area (Å²) in [5, 5.41) is 30.8. The Hall–Kier alpha value is -0.340. The Morgan fingerprint density at radius 3 is 2.43 bits per heavy atom. The van der Waals surface area contributed by atoms with Crippen molar-refractivity contribution in [2.24, 2.45) is 0 Å². The Morgan fingerprint density at radius 1 is 1.14 bits per heavy atom. The summed E-state index contributed by atoms with van der Waals surface area (Å²) in [7, 11) is 0. The Balaban J connectivity index is 2.12. The molecule has 2 heterocycles. The lowest BCUT2D eigenvalue weighted by molar-refractivity contribution is -0.0515. The molecule has 1 saturated heterocycles. The van der Waals surface area contributed by atoms with Crippen LogP contribution in [0, 0.1) is 0 Å². The van der Waals surface area contributed by atoms with Crippen LogP contribution >= 0.6 is 39.1 Å². The molecule has 5 nitrogen and oxygen atoms in total. The van der Waals surface area contributed by atoms with Gasteiger partial charge in [0.05, 0.1) is 26.8 Å². The number of nitrogens with zero attached hydrogens (tertiary/aromatic N) is 1. The van der Waals surface area contributed by atoms with E-state index in [1.54, 1.807) is 16.7 Å². The third-order valence-electron chi connectivity index (χ3n) is 3.61. The largest absolute Gasteiger partial charge is 0.394 e. The van der Waals surface area contributed by atoms with E-state index in [1.807, 2.05) is 6.07 Å². The predicted octanol–water partition coefficient (Wildman–Crippen LogP) is 2.32. The van der Waals surface area contributed by atoms with Crippen molar-refractivity contribution in [2.45, 2.75) is 24.5 Å². The van der Waals surface area contributed by atoms with Crippen LogP contribution in [0.3, 0.4) is 0 Å². The van der Waals surface area contributed by atoms with Crippen LogP contribution in [0.1, 0.15) is 6.23 Å². The molecule has 114 valence electrons. The minimum atomic E-state index is -1.16. The fourth-order valence-electron chi connectivity index (χ4n) is 2.54. The monoisotopic (exact) mass is 395 g/mol. The van der Waals surface area contributed by atoms with Crippen LogP contribution in [-0.4, -0.2) is 44.8 Å². The molecule has 1 fully saturated rings. The zero-order valence-corrected chi connectivity index (χ0v) is 13.7. The van der Waals surface area contributed by atoms with Gasteiger partial charge < -0.3 is 24.6 Å². The Kier molecular flexibility index (Phi) is 4.22. The summed E-state index contributed by atoms with van der Waals surface area (Å²) in [6.45, 7) is -0.377. The van der Waals surface area contributed by atoms with E-state index < -0.39 is 24.5 Å². The fourth-order valence-corrected chi connectivity index (χ4v) is 3.51. The van der Waals surface area contributed by atoms with E-state index in [0.717, 1.165) is 5.39 Å². The Morgan fingerprint density at radius 2 is 1.81 bits per heavy atom. The molecular formula is C13H12BrCl2NO4. The minimum absolute atomic E-state index is 0.377. The standard InChI is InChI=1S/C13H12BrCl2NO4/c14-10-2-5-1-6(15)7(16)3-8(5)17(10)13-12(20)11(19)9(4-18)21-13/h1-3,9,11-13,18-20H,4H2/t9-,11-,12-,13-/m1/s1. The highest BCUT2D eigenvalue weighted by molar-refractivity contribution is 9.10. The van der Waals surface area contributed by atoms with E-state index in [4.69, 9.17) is 27.9 Å². The number of fused-ring (bicyclic) bond motifs is 1. The molecule has 21 heavy (non-hydrogen) atoms. The molecule has 0 bridgehead atoms. The van der Waals surface area contributed by atoms with Gasteiger partial charge >= 0.3 is 0 Å². The Bertz CT molecular complexity index is 692. The van der Waals surface area contributed by atoms with Crippen LogP contribution in [0.5, 0.6) is 0 Å². The third kappa shape index (κ3) is 2.49. The maximum atomic E-state index is 10.2. The van der Waals surface area contributed by atoms with Gasteiger partial charge in [-0.05, 0) is 34.1 Å². The quantitative estimate of drug-likeness (QED) is 0.728. The smallest absolute Gasteiger partial charge is 0.164 e. The van der Waals surface area contributed by atoms with Gasteiger partial charge in [-0.2, -0.15) is 0 Å². The SMILES string of the molecule is OC[C@H]1O[C@@H](n2c(Br)cc3cc(Cl)c(Cl)cc32)[C@H](O)[C@@H]1O. The molecule has 1 aliphatic rings. The molecular weight excluding hydrogens is 385 g/mol. The van der Waals surface area contributed by atoms with E-state index >= 15 is 0 Å². The second-order valence-corrected chi connectivity index (χ2v) is 6.52. The highest BCUT2D eigenvalue weighted by Gasteiger charge is 2.44. The van der Waals surface area contributed by atoms with Crippen molar-refractivity contribution in [3.63, 3.8) is 0 Å². The second-order valence-electron chi connectivity index (χ2n) is 4.89. The van der Waals surface area contributed by atoms with Gasteiger partial charge in [-0.1, -0.05) is 23.2 Å². The highest BCUT2D eigenvalue weighted by Crippen LogP contribution is 2.38. The minimum Gasteiger partial charge on any atom is -0.394 e. The number of aliphatic hydroxyl groups excluding tert-OH is 3. The average Bonchev–Trinajstić information content (AvgIpc) is 2.89. The van der Waals surface area contributed by atoms with Crippen LogP contribution < -0.4 is 0 Å². The molecule has 8 heteroatoms. The summed E-state index contributed by atoms with van der Waals surface area (Å²) in [6.07, 6.45) is -3.99. The maximum Gasteiger partial charge on any atom is 0.164 e. The van der Waals surface area contributed by atoms with Gasteiger partial charge in [-0.15, -0.1) is 0 Å². The first-order chi connectivity index (χ1) is 9.93. The zero-order valence-electron chi connectivity index (χ0n) is 10.6. The van der Waals surface area contributed by atoms with Crippen LogP contribution in [0.25, 0.3) is 10.9 Å². The van der Waals surface area contributed by atoms with Gasteiger partial charge in [0, 0.05) is 5.39 Å². The lowest BCUT2D eigenvalue weighted by Gasteiger charge is -2.19. The van der Waals surface area contributed by atoms with Crippen LogP contribution in [0.2, 0.25) is 10.0 Å². The van der Waals surface area contributed by atoms with Crippen LogP contribution in [0.4, 0.5) is 0 Å². The van der Waals surface area contributed by atoms with E-state index in [1.165, 1.54) is 0 Å². The van der Waals surface area contributed by atoms with Crippen LogP contribution in [-0.2, 0) is 4.74 Å². The van der Waals surface area contributed by atoms with E-state index in [0.29, 0.717) is 20.2 Å². The number of hydrogen-bond donors (Lipinski definition) is 3. The molecule has 0 aliphatic carbocycles. The number of rotatable bonds is 2. The van der Waals surface area contributed by atoms with Crippen molar-refractivity contribution in [2.75, 3.05) is 6.61 Å². The summed E-state index contributed by atoms with van der Waals surface area (Å²) in [6, 6.07) is 5.19. The van der Waals surface area contributed by atoms with E-state index in [-0.39, 0.29) is 6.61 Å². The lowest BCUT2D eigenvalue weighted by atomic mass is 10.1. The van der Waals surface area contributed by atoms with Crippen molar-refractivity contribution >= 4 is 50.0 Å². The predicted molar refractivity (Wildman–Crippen MR) is 82.7 cm³/mol. The normalized spacial score (nSPS) is 29.4. The van der Waals surface area contributed by atoms with Crippen molar-refractivity contribution in [1.29, 1.82) is 0 Å². The van der Waals surface area contributed by atoms with Crippen molar-refractivity contribution < 1.29 is 20.1 Å². The number of aromatic nitrogens is 1. The molecule has 0 saturated carbocycles. The molecule has 1 aliphatic heterocycles. The second kappa shape index (κ2) is 5.70. The first-order valence-electron chi connectivity index (χ1n) is 6.22. The summed E-state index contributed by atoms with van der Waals surface area (Å²) in [5.74, 6) is 0. The summed E-state index contributed by atoms with van der Waals surface area (Å²) < 4.78 is 7.86. The van der Waals surface area contributed by atoms with Gasteiger partial charge in [0.15, 0.2) is 6.23 Å². The molecule has 0 amide bonds. The van der Waals surface area contributed by atoms with Crippen molar-refractivity contribution in [1.82, 2.24) is 4.57 Å². The van der Waals surface area contributed by atoms with Gasteiger partial charge in [0.1, 0.15) is 18.3 Å². The molecule has 0 unspecified atom stereocenters. The summed E-state index contributed by atoms with van der Waals surface area (Å²) >= 11 is 15.4. The number of ether oxygens (including phenoxy) is 1. The molecule has 0 radical (unpaired) electrons. The average molecular weight is 397 g/mol. The topological polar surface area (TPSA) is 74.9 Å². The molecule has 3 N–H and O–H groups in total. The molecule has 2 aromatic rings. The van der Waals surface area contributed by atoms with Gasteiger partial charge in [0.2, 0.25) is 0 Å². The lowest BCUT2D eigenvalue weighted by Crippen LogP contribution is -2.33. The van der Waals surface area contributed by atoms with Crippen molar-refractivity contribution in [3.05, 3.63) is 32.8 Å². The summed E-state index contributed by atoms with van der Waals surface area (Å²) in [4.78, 5) is 0. The molecule has 0 spiro atoms. The van der Waals surface area contributed by atoms with Gasteiger partial charge in [-0.25, -0.2) is 0 Å². The van der Waals surface area contributed by atoms with E-state index in [2.05, 4.69) is 15.9 Å². The highest BCUT2D eigenvalue weighted by atomic mass is 79.9. The summed E-state index contributed by atoms with van der Waals surface area (Å²) in [5.41, 5.74) is 0.700. The number of aliphatic hydroxyl groups is 3. The van der Waals surface area contributed by atoms with E-state index in [9.17, 15) is 15.3 Å². The number of benzene rings is 1. The van der Waals surface area contributed by atoms with Gasteiger partial charge in [0.25, 0.3) is 0 Å². The molecule has 3 rings (SSSR count). The molecule has 1 aromatic heterocycles. The Labute approximate surface area is 138 Å². The third-order valence-corrected chi connectivity index (χ3v) is 4.94. The molecule has 1 aromatic carbocycles. The molecule has 4 atom stereocenters. The first-order valence-corrected chi connectivity index (χ1v) is 7.77. The number of halogens is 3. The number of hydrogen-bond acceptors (Lipinski definition) is 4. The van der Waals surface area contributed by atoms with Gasteiger partial charge in [-0.3, -0.25) is 0 Å². The zero-order chi connectivity index (χ0) is 15.3. The van der Waals surface area contributed by atoms with Crippen LogP contribution in [0.15, 0.2) is 22.8 Å². The maximum absolute atomic E-state index is 10.2. The first kappa shape index (κ1) is 15.6. The fraction of sp³-hybridized carbons (Fsp3) is 0.385. The van der Waals surface area contributed by atoms with Crippen molar-refractivity contribution in [3.8, 4) is 0 Å².